The van der Waals surface area contributed by atoms with Gasteiger partial charge in [0.1, 0.15) is 0 Å². The number of unbranched alkanes of at least 4 members (excludes halogenated alkanes) is 4. The molecule has 0 aromatic heterocycles. The van der Waals surface area contributed by atoms with Crippen LogP contribution in [0.1, 0.15) is 104 Å². The maximum absolute atomic E-state index is 13.7. The molecule has 0 N–H and O–H groups in total. The summed E-state index contributed by atoms with van der Waals surface area (Å²) in [5.41, 5.74) is 0.889. The minimum Gasteiger partial charge on any atom is -0.465 e. The lowest BCUT2D eigenvalue weighted by Crippen LogP contribution is -2.51. The molecule has 0 bridgehead atoms. The first-order valence-corrected chi connectivity index (χ1v) is 12.6. The predicted molar refractivity (Wildman–Crippen MR) is 140 cm³/mol. The predicted octanol–water partition coefficient (Wildman–Crippen LogP) is 8.32. The van der Waals surface area contributed by atoms with E-state index in [1.807, 2.05) is 0 Å². The smallest absolute Gasteiger partial charge is 0.312 e. The Morgan fingerprint density at radius 2 is 1.33 bits per heavy atom. The van der Waals surface area contributed by atoms with Gasteiger partial charge >= 0.3 is 5.97 Å². The van der Waals surface area contributed by atoms with E-state index in [4.69, 9.17) is 4.74 Å². The third kappa shape index (κ3) is 8.62. The standard InChI is InChI=1S/C26H45O2P.BrH/c1-5-9-18-25(19-10-6-2,24(27)28-21-12-8-4)26(29,20-11-7-3)22-23-16-14-13-15-17-23;/h13-17H,5-12,18-22,29H2,1-4H3;1H. The van der Waals surface area contributed by atoms with Crippen LogP contribution >= 0.6 is 26.2 Å². The fourth-order valence-corrected chi connectivity index (χ4v) is 5.23. The van der Waals surface area contributed by atoms with Crippen molar-refractivity contribution in [3.8, 4) is 0 Å². The molecule has 1 aromatic carbocycles. The number of esters is 1. The van der Waals surface area contributed by atoms with E-state index in [0.717, 1.165) is 77.0 Å². The number of carbonyl (C=O) groups excluding carboxylic acids is 1. The van der Waals surface area contributed by atoms with Crippen LogP contribution in [-0.2, 0) is 16.0 Å². The average Bonchev–Trinajstić information content (AvgIpc) is 2.73. The Balaban J connectivity index is 0.00000841. The summed E-state index contributed by atoms with van der Waals surface area (Å²) in [4.78, 5) is 13.7. The fourth-order valence-electron chi connectivity index (χ4n) is 4.38. The molecule has 1 aromatic rings. The van der Waals surface area contributed by atoms with Crippen molar-refractivity contribution in [2.24, 2.45) is 5.41 Å². The second-order valence-electron chi connectivity index (χ2n) is 8.70. The molecule has 0 saturated carbocycles. The molecule has 0 radical (unpaired) electrons. The molecule has 0 spiro atoms. The molecular formula is C26H46BrO2P. The van der Waals surface area contributed by atoms with E-state index in [9.17, 15) is 4.79 Å². The topological polar surface area (TPSA) is 26.3 Å². The molecule has 30 heavy (non-hydrogen) atoms. The van der Waals surface area contributed by atoms with Crippen LogP contribution < -0.4 is 0 Å². The van der Waals surface area contributed by atoms with Gasteiger partial charge in [0.25, 0.3) is 0 Å². The zero-order chi connectivity index (χ0) is 21.6. The number of hydrogen-bond donors (Lipinski definition) is 0. The Hall–Kier alpha value is -0.400. The van der Waals surface area contributed by atoms with E-state index in [2.05, 4.69) is 67.3 Å². The van der Waals surface area contributed by atoms with Crippen molar-refractivity contribution in [3.05, 3.63) is 35.9 Å². The first-order chi connectivity index (χ1) is 14.0. The average molecular weight is 502 g/mol. The summed E-state index contributed by atoms with van der Waals surface area (Å²) in [6.45, 7) is 9.38. The van der Waals surface area contributed by atoms with Crippen molar-refractivity contribution < 1.29 is 9.53 Å². The number of ether oxygens (including phenoxy) is 1. The van der Waals surface area contributed by atoms with Crippen LogP contribution in [0.3, 0.4) is 0 Å². The van der Waals surface area contributed by atoms with Gasteiger partial charge in [0.05, 0.1) is 12.0 Å². The van der Waals surface area contributed by atoms with Crippen LogP contribution in [0.2, 0.25) is 0 Å². The Morgan fingerprint density at radius 3 is 1.83 bits per heavy atom. The van der Waals surface area contributed by atoms with Gasteiger partial charge < -0.3 is 4.74 Å². The Kier molecular flexibility index (Phi) is 16.0. The van der Waals surface area contributed by atoms with Crippen molar-refractivity contribution in [1.29, 1.82) is 0 Å². The summed E-state index contributed by atoms with van der Waals surface area (Å²) >= 11 is 0. The van der Waals surface area contributed by atoms with Crippen molar-refractivity contribution in [2.45, 2.75) is 110 Å². The lowest BCUT2D eigenvalue weighted by atomic mass is 9.64. The SMILES string of the molecule is Br.CCCCOC(=O)C(CCCC)(CCCC)C(P)(CCCC)Cc1ccccc1. The van der Waals surface area contributed by atoms with Crippen molar-refractivity contribution >= 4 is 32.2 Å². The first-order valence-electron chi connectivity index (χ1n) is 12.0. The third-order valence-corrected chi connectivity index (χ3v) is 7.37. The number of hydrogen-bond acceptors (Lipinski definition) is 2. The van der Waals surface area contributed by atoms with Gasteiger partial charge in [0.15, 0.2) is 0 Å². The summed E-state index contributed by atoms with van der Waals surface area (Å²) < 4.78 is 5.95. The highest BCUT2D eigenvalue weighted by atomic mass is 79.9. The fraction of sp³-hybridized carbons (Fsp3) is 0.731. The van der Waals surface area contributed by atoms with Crippen LogP contribution in [0.25, 0.3) is 0 Å². The van der Waals surface area contributed by atoms with E-state index in [1.165, 1.54) is 5.56 Å². The molecule has 0 heterocycles. The second-order valence-corrected chi connectivity index (χ2v) is 9.81. The molecule has 174 valence electrons. The van der Waals surface area contributed by atoms with E-state index >= 15 is 0 Å². The van der Waals surface area contributed by atoms with Gasteiger partial charge in [-0.25, -0.2) is 0 Å². The minimum atomic E-state index is -0.428. The van der Waals surface area contributed by atoms with E-state index in [1.54, 1.807) is 0 Å². The maximum Gasteiger partial charge on any atom is 0.312 e. The Labute approximate surface area is 199 Å². The van der Waals surface area contributed by atoms with Crippen LogP contribution in [0.5, 0.6) is 0 Å². The van der Waals surface area contributed by atoms with Gasteiger partial charge in [0.2, 0.25) is 0 Å². The monoisotopic (exact) mass is 500 g/mol. The summed E-state index contributed by atoms with van der Waals surface area (Å²) in [5.74, 6) is 0.0508. The third-order valence-electron chi connectivity index (χ3n) is 6.33. The van der Waals surface area contributed by atoms with Gasteiger partial charge in [-0.2, -0.15) is 0 Å². The molecule has 4 heteroatoms. The highest BCUT2D eigenvalue weighted by Crippen LogP contribution is 2.52. The van der Waals surface area contributed by atoms with Gasteiger partial charge in [-0.05, 0) is 37.7 Å². The summed E-state index contributed by atoms with van der Waals surface area (Å²) in [5, 5.41) is -0.169. The Morgan fingerprint density at radius 1 is 0.833 bits per heavy atom. The first kappa shape index (κ1) is 29.6. The number of benzene rings is 1. The summed E-state index contributed by atoms with van der Waals surface area (Å²) in [6, 6.07) is 10.7. The largest absolute Gasteiger partial charge is 0.465 e. The summed E-state index contributed by atoms with van der Waals surface area (Å²) in [6.07, 6.45) is 12.4. The molecule has 0 aliphatic heterocycles. The number of rotatable bonds is 16. The second kappa shape index (κ2) is 16.3. The minimum absolute atomic E-state index is 0. The molecule has 2 unspecified atom stereocenters. The molecule has 0 saturated heterocycles. The lowest BCUT2D eigenvalue weighted by Gasteiger charge is -2.48. The highest BCUT2D eigenvalue weighted by Gasteiger charge is 2.53. The quantitative estimate of drug-likeness (QED) is 0.129. The van der Waals surface area contributed by atoms with Crippen molar-refractivity contribution in [1.82, 2.24) is 0 Å². The van der Waals surface area contributed by atoms with Crippen LogP contribution in [0.4, 0.5) is 0 Å². The zero-order valence-electron chi connectivity index (χ0n) is 19.9. The molecule has 0 aliphatic rings. The van der Waals surface area contributed by atoms with Gasteiger partial charge in [-0.1, -0.05) is 103 Å². The molecule has 2 nitrogen and oxygen atoms in total. The van der Waals surface area contributed by atoms with Crippen molar-refractivity contribution in [2.75, 3.05) is 6.61 Å². The maximum atomic E-state index is 13.7. The normalized spacial score (nSPS) is 13.4. The van der Waals surface area contributed by atoms with Gasteiger partial charge in [-0.3, -0.25) is 4.79 Å². The van der Waals surface area contributed by atoms with Gasteiger partial charge in [-0.15, -0.1) is 26.2 Å². The Bertz CT molecular complexity index is 555. The van der Waals surface area contributed by atoms with E-state index in [0.29, 0.717) is 6.61 Å². The molecule has 2 atom stereocenters. The number of halogens is 1. The molecule has 0 amide bonds. The van der Waals surface area contributed by atoms with Crippen LogP contribution in [0.15, 0.2) is 30.3 Å². The highest BCUT2D eigenvalue weighted by molar-refractivity contribution is 8.93. The van der Waals surface area contributed by atoms with E-state index < -0.39 is 5.41 Å². The van der Waals surface area contributed by atoms with Crippen molar-refractivity contribution in [3.63, 3.8) is 0 Å². The van der Waals surface area contributed by atoms with E-state index in [-0.39, 0.29) is 28.1 Å². The zero-order valence-corrected chi connectivity index (χ0v) is 22.7. The van der Waals surface area contributed by atoms with Crippen LogP contribution in [0, 0.1) is 5.41 Å². The van der Waals surface area contributed by atoms with Crippen LogP contribution in [-0.4, -0.2) is 17.7 Å². The number of carbonyl (C=O) groups is 1. The summed E-state index contributed by atoms with van der Waals surface area (Å²) in [7, 11) is 3.19. The molecule has 0 aliphatic carbocycles. The lowest BCUT2D eigenvalue weighted by molar-refractivity contribution is -0.160. The molecular weight excluding hydrogens is 455 g/mol. The molecule has 0 fully saturated rings. The molecule has 1 rings (SSSR count). The van der Waals surface area contributed by atoms with Gasteiger partial charge in [0, 0.05) is 5.16 Å².